The summed E-state index contributed by atoms with van der Waals surface area (Å²) in [5.74, 6) is -0.159. The number of carbonyl (C=O) groups excluding carboxylic acids is 1. The molecule has 1 N–H and O–H groups in total. The Kier molecular flexibility index (Phi) is 5.04. The van der Waals surface area contributed by atoms with E-state index in [1.165, 1.54) is 11.2 Å². The number of nitrogens with zero attached hydrogens (tertiary/aromatic N) is 1. The normalized spacial score (nSPS) is 14.7. The quantitative estimate of drug-likeness (QED) is 0.833. The molecule has 0 unspecified atom stereocenters. The van der Waals surface area contributed by atoms with Crippen molar-refractivity contribution in [2.45, 2.75) is 56.9 Å². The van der Waals surface area contributed by atoms with Crippen LogP contribution in [0.3, 0.4) is 0 Å². The third-order valence-corrected chi connectivity index (χ3v) is 6.49. The van der Waals surface area contributed by atoms with E-state index in [1.807, 2.05) is 12.1 Å². The average molecular weight is 387 g/mol. The highest BCUT2D eigenvalue weighted by atomic mass is 32.2. The molecule has 1 aliphatic carbocycles. The van der Waals surface area contributed by atoms with Crippen LogP contribution in [-0.2, 0) is 20.2 Å². The number of benzene rings is 2. The van der Waals surface area contributed by atoms with Crippen molar-refractivity contribution in [2.24, 2.45) is 0 Å². The smallest absolute Gasteiger partial charge is 0.264 e. The van der Waals surface area contributed by atoms with Crippen LogP contribution in [0.25, 0.3) is 0 Å². The maximum absolute atomic E-state index is 13.3. The highest BCUT2D eigenvalue weighted by Crippen LogP contribution is 2.37. The van der Waals surface area contributed by atoms with Gasteiger partial charge in [0.25, 0.3) is 10.0 Å². The summed E-state index contributed by atoms with van der Waals surface area (Å²) in [7, 11) is -3.64. The second-order valence-electron chi connectivity index (χ2n) is 8.03. The maximum Gasteiger partial charge on any atom is 0.264 e. The van der Waals surface area contributed by atoms with Crippen molar-refractivity contribution in [1.82, 2.24) is 0 Å². The van der Waals surface area contributed by atoms with Crippen molar-refractivity contribution < 1.29 is 13.2 Å². The molecule has 6 heteroatoms. The molecule has 1 saturated carbocycles. The molecule has 0 aliphatic heterocycles. The first kappa shape index (κ1) is 19.4. The van der Waals surface area contributed by atoms with Crippen molar-refractivity contribution in [1.29, 1.82) is 0 Å². The Labute approximate surface area is 161 Å². The summed E-state index contributed by atoms with van der Waals surface area (Å²) >= 11 is 0. The second kappa shape index (κ2) is 7.00. The van der Waals surface area contributed by atoms with Gasteiger partial charge in [-0.15, -0.1) is 0 Å². The number of hydrogen-bond donors (Lipinski definition) is 1. The van der Waals surface area contributed by atoms with E-state index in [0.717, 1.165) is 18.4 Å². The van der Waals surface area contributed by atoms with Crippen LogP contribution < -0.4 is 9.62 Å². The summed E-state index contributed by atoms with van der Waals surface area (Å²) in [5, 5.41) is 2.70. The molecule has 3 rings (SSSR count). The van der Waals surface area contributed by atoms with Crippen molar-refractivity contribution in [3.63, 3.8) is 0 Å². The summed E-state index contributed by atoms with van der Waals surface area (Å²) < 4.78 is 28.1. The summed E-state index contributed by atoms with van der Waals surface area (Å²) in [6.07, 6.45) is 1.71. The number of anilines is 2. The summed E-state index contributed by atoms with van der Waals surface area (Å²) in [6, 6.07) is 14.1. The van der Waals surface area contributed by atoms with Crippen LogP contribution in [0.15, 0.2) is 53.4 Å². The van der Waals surface area contributed by atoms with Gasteiger partial charge in [0, 0.05) is 18.7 Å². The third kappa shape index (κ3) is 4.33. The van der Waals surface area contributed by atoms with E-state index in [1.54, 1.807) is 36.4 Å². The van der Waals surface area contributed by atoms with Gasteiger partial charge in [-0.1, -0.05) is 32.9 Å². The van der Waals surface area contributed by atoms with Crippen LogP contribution in [0.4, 0.5) is 11.4 Å². The fourth-order valence-electron chi connectivity index (χ4n) is 2.99. The van der Waals surface area contributed by atoms with Crippen LogP contribution in [-0.4, -0.2) is 20.4 Å². The first-order valence-corrected chi connectivity index (χ1v) is 10.6. The van der Waals surface area contributed by atoms with Crippen molar-refractivity contribution >= 4 is 27.3 Å². The van der Waals surface area contributed by atoms with Crippen LogP contribution in [0.5, 0.6) is 0 Å². The molecule has 1 amide bonds. The van der Waals surface area contributed by atoms with Crippen LogP contribution in [0.2, 0.25) is 0 Å². The molecule has 2 aromatic carbocycles. The molecule has 0 aromatic heterocycles. The molecule has 1 fully saturated rings. The van der Waals surface area contributed by atoms with E-state index in [4.69, 9.17) is 0 Å². The van der Waals surface area contributed by atoms with Gasteiger partial charge in [0.15, 0.2) is 0 Å². The van der Waals surface area contributed by atoms with Gasteiger partial charge in [-0.25, -0.2) is 8.42 Å². The topological polar surface area (TPSA) is 66.5 Å². The van der Waals surface area contributed by atoms with E-state index in [9.17, 15) is 13.2 Å². The minimum Gasteiger partial charge on any atom is -0.326 e. The van der Waals surface area contributed by atoms with E-state index in [-0.39, 0.29) is 17.4 Å². The number of hydrogen-bond acceptors (Lipinski definition) is 3. The third-order valence-electron chi connectivity index (χ3n) is 4.60. The molecule has 2 aromatic rings. The number of amides is 1. The molecular formula is C21H26N2O3S. The molecular weight excluding hydrogens is 360 g/mol. The molecule has 5 nitrogen and oxygen atoms in total. The Balaban J connectivity index is 1.93. The summed E-state index contributed by atoms with van der Waals surface area (Å²) in [4.78, 5) is 11.5. The van der Waals surface area contributed by atoms with Gasteiger partial charge in [0.2, 0.25) is 5.91 Å². The first-order valence-electron chi connectivity index (χ1n) is 9.12. The Morgan fingerprint density at radius 3 is 2.00 bits per heavy atom. The van der Waals surface area contributed by atoms with E-state index < -0.39 is 10.0 Å². The van der Waals surface area contributed by atoms with Crippen LogP contribution >= 0.6 is 0 Å². The number of rotatable bonds is 5. The first-order chi connectivity index (χ1) is 12.6. The van der Waals surface area contributed by atoms with Crippen molar-refractivity contribution in [2.75, 3.05) is 9.62 Å². The minimum absolute atomic E-state index is 0.0103. The van der Waals surface area contributed by atoms with Crippen molar-refractivity contribution in [3.8, 4) is 0 Å². The van der Waals surface area contributed by atoms with Gasteiger partial charge in [0.05, 0.1) is 10.6 Å². The van der Waals surface area contributed by atoms with Gasteiger partial charge >= 0.3 is 0 Å². The van der Waals surface area contributed by atoms with Gasteiger partial charge < -0.3 is 5.32 Å². The SMILES string of the molecule is CC(=O)Nc1ccc(N(C2CC2)S(=O)(=O)c2ccc(C(C)(C)C)cc2)cc1. The standard InChI is InChI=1S/C21H26N2O3S/c1-15(24)22-17-7-9-18(10-8-17)23(19-11-12-19)27(25,26)20-13-5-16(6-14-20)21(2,3)4/h5-10,13-14,19H,11-12H2,1-4H3,(H,22,24). The largest absolute Gasteiger partial charge is 0.326 e. The Bertz CT molecular complexity index is 923. The molecule has 0 radical (unpaired) electrons. The predicted molar refractivity (Wildman–Crippen MR) is 109 cm³/mol. The number of nitrogens with one attached hydrogen (secondary N) is 1. The van der Waals surface area contributed by atoms with Crippen LogP contribution in [0, 0.1) is 0 Å². The van der Waals surface area contributed by atoms with Crippen LogP contribution in [0.1, 0.15) is 46.1 Å². The summed E-state index contributed by atoms with van der Waals surface area (Å²) in [5.41, 5.74) is 2.33. The number of sulfonamides is 1. The zero-order chi connectivity index (χ0) is 19.8. The van der Waals surface area contributed by atoms with Gasteiger partial charge in [-0.2, -0.15) is 0 Å². The maximum atomic E-state index is 13.3. The molecule has 0 atom stereocenters. The predicted octanol–water partition coefficient (Wildman–Crippen LogP) is 4.30. The molecule has 0 saturated heterocycles. The Morgan fingerprint density at radius 2 is 1.56 bits per heavy atom. The van der Waals surface area contributed by atoms with E-state index in [0.29, 0.717) is 16.3 Å². The fraction of sp³-hybridized carbons (Fsp3) is 0.381. The lowest BCUT2D eigenvalue weighted by atomic mass is 9.87. The highest BCUT2D eigenvalue weighted by Gasteiger charge is 2.38. The summed E-state index contributed by atoms with van der Waals surface area (Å²) in [6.45, 7) is 7.74. The van der Waals surface area contributed by atoms with Crippen molar-refractivity contribution in [3.05, 3.63) is 54.1 Å². The Morgan fingerprint density at radius 1 is 1.00 bits per heavy atom. The monoisotopic (exact) mass is 386 g/mol. The van der Waals surface area contributed by atoms with Gasteiger partial charge in [-0.3, -0.25) is 9.10 Å². The van der Waals surface area contributed by atoms with Gasteiger partial charge in [0.1, 0.15) is 0 Å². The van der Waals surface area contributed by atoms with Gasteiger partial charge in [-0.05, 0) is 60.2 Å². The van der Waals surface area contributed by atoms with E-state index in [2.05, 4.69) is 26.1 Å². The number of carbonyl (C=O) groups is 1. The minimum atomic E-state index is -3.64. The van der Waals surface area contributed by atoms with E-state index >= 15 is 0 Å². The fourth-order valence-corrected chi connectivity index (χ4v) is 4.70. The second-order valence-corrected chi connectivity index (χ2v) is 9.85. The molecule has 1 aliphatic rings. The molecule has 27 heavy (non-hydrogen) atoms. The molecule has 0 heterocycles. The highest BCUT2D eigenvalue weighted by molar-refractivity contribution is 7.92. The molecule has 144 valence electrons. The lowest BCUT2D eigenvalue weighted by molar-refractivity contribution is -0.114. The zero-order valence-corrected chi connectivity index (χ0v) is 17.0. The lowest BCUT2D eigenvalue weighted by Gasteiger charge is -2.25. The average Bonchev–Trinajstić information content (AvgIpc) is 3.40. The zero-order valence-electron chi connectivity index (χ0n) is 16.2. The molecule has 0 spiro atoms. The molecule has 0 bridgehead atoms. The lowest BCUT2D eigenvalue weighted by Crippen LogP contribution is -2.33. The Hall–Kier alpha value is -2.34.